The summed E-state index contributed by atoms with van der Waals surface area (Å²) in [5, 5.41) is 4.34. The largest absolute Gasteiger partial charge is 0.339 e. The van der Waals surface area contributed by atoms with Crippen LogP contribution in [0.25, 0.3) is 11.2 Å². The fraction of sp³-hybridized carbons (Fsp3) is 0.375. The number of imidazole rings is 1. The molecule has 1 aliphatic heterocycles. The maximum absolute atomic E-state index is 13.5. The van der Waals surface area contributed by atoms with E-state index in [-0.39, 0.29) is 17.8 Å². The molecule has 0 spiro atoms. The number of benzene rings is 1. The number of H-pyrrole nitrogens is 1. The summed E-state index contributed by atoms with van der Waals surface area (Å²) in [6, 6.07) is 6.68. The van der Waals surface area contributed by atoms with Gasteiger partial charge in [0.1, 0.15) is 17.2 Å². The lowest BCUT2D eigenvalue weighted by molar-refractivity contribution is 0.536. The van der Waals surface area contributed by atoms with Gasteiger partial charge in [-0.2, -0.15) is 5.10 Å². The van der Waals surface area contributed by atoms with Gasteiger partial charge in [-0.1, -0.05) is 19.1 Å². The second kappa shape index (κ2) is 5.75. The van der Waals surface area contributed by atoms with E-state index in [0.29, 0.717) is 0 Å². The Bertz CT molecular complexity index is 823. The molecule has 120 valence electrons. The smallest absolute Gasteiger partial charge is 0.176 e. The number of hydrogen-bond donors (Lipinski definition) is 3. The minimum atomic E-state index is -0.224. The molecule has 1 aromatic carbocycles. The van der Waals surface area contributed by atoms with Crippen LogP contribution in [0.15, 0.2) is 30.5 Å². The van der Waals surface area contributed by atoms with Gasteiger partial charge in [-0.15, -0.1) is 0 Å². The quantitative estimate of drug-likeness (QED) is 0.691. The highest BCUT2D eigenvalue weighted by atomic mass is 19.1. The number of hydrogen-bond acceptors (Lipinski definition) is 4. The zero-order chi connectivity index (χ0) is 15.8. The molecule has 3 aromatic rings. The molecule has 0 aliphatic carbocycles. The van der Waals surface area contributed by atoms with Gasteiger partial charge in [-0.3, -0.25) is 5.43 Å². The van der Waals surface area contributed by atoms with E-state index in [1.165, 1.54) is 6.07 Å². The molecule has 4 rings (SSSR count). The Hall–Kier alpha value is -2.25. The standard InChI is InChI=1S/C16H19FN6/c1-2-6-23-16-13(9-19-23)20-15(21-16)12-8-18-22-14(12)10-4-3-5-11(17)7-10/h3-5,7,9,12,14,18,22H,2,6,8H2,1H3,(H,20,21). The fourth-order valence-electron chi connectivity index (χ4n) is 3.18. The third-order valence-electron chi connectivity index (χ3n) is 4.28. The molecule has 0 bridgehead atoms. The van der Waals surface area contributed by atoms with E-state index in [0.717, 1.165) is 42.1 Å². The number of aromatic amines is 1. The first-order chi connectivity index (χ1) is 11.3. The average Bonchev–Trinajstić information content (AvgIpc) is 3.23. The zero-order valence-electron chi connectivity index (χ0n) is 12.9. The van der Waals surface area contributed by atoms with Crippen molar-refractivity contribution >= 4 is 11.2 Å². The van der Waals surface area contributed by atoms with E-state index in [1.807, 2.05) is 16.9 Å². The van der Waals surface area contributed by atoms with Crippen molar-refractivity contribution in [1.82, 2.24) is 30.6 Å². The van der Waals surface area contributed by atoms with Crippen molar-refractivity contribution in [3.8, 4) is 0 Å². The van der Waals surface area contributed by atoms with Gasteiger partial charge in [0.2, 0.25) is 0 Å². The van der Waals surface area contributed by atoms with Gasteiger partial charge < -0.3 is 4.98 Å². The van der Waals surface area contributed by atoms with Crippen molar-refractivity contribution in [3.63, 3.8) is 0 Å². The van der Waals surface area contributed by atoms with Crippen LogP contribution in [0.2, 0.25) is 0 Å². The van der Waals surface area contributed by atoms with Gasteiger partial charge in [-0.25, -0.2) is 19.5 Å². The second-order valence-corrected chi connectivity index (χ2v) is 5.89. The van der Waals surface area contributed by atoms with Gasteiger partial charge in [0.25, 0.3) is 0 Å². The summed E-state index contributed by atoms with van der Waals surface area (Å²) in [5.74, 6) is 0.784. The first kappa shape index (κ1) is 14.3. The molecule has 0 amide bonds. The van der Waals surface area contributed by atoms with Crippen LogP contribution in [-0.4, -0.2) is 26.3 Å². The highest BCUT2D eigenvalue weighted by molar-refractivity contribution is 5.70. The molecule has 3 heterocycles. The Kier molecular flexibility index (Phi) is 3.59. The maximum Gasteiger partial charge on any atom is 0.176 e. The van der Waals surface area contributed by atoms with Crippen molar-refractivity contribution < 1.29 is 4.39 Å². The molecule has 2 unspecified atom stereocenters. The second-order valence-electron chi connectivity index (χ2n) is 5.89. The van der Waals surface area contributed by atoms with Crippen LogP contribution in [0.5, 0.6) is 0 Å². The topological polar surface area (TPSA) is 70.6 Å². The van der Waals surface area contributed by atoms with Crippen LogP contribution in [0.3, 0.4) is 0 Å². The number of aromatic nitrogens is 4. The Balaban J connectivity index is 1.68. The predicted molar refractivity (Wildman–Crippen MR) is 85.2 cm³/mol. The lowest BCUT2D eigenvalue weighted by atomic mass is 9.94. The van der Waals surface area contributed by atoms with E-state index in [2.05, 4.69) is 27.9 Å². The minimum absolute atomic E-state index is 0.0199. The Morgan fingerprint density at radius 2 is 2.30 bits per heavy atom. The third kappa shape index (κ3) is 2.51. The molecule has 7 heteroatoms. The van der Waals surface area contributed by atoms with Crippen LogP contribution < -0.4 is 10.9 Å². The molecule has 1 saturated heterocycles. The summed E-state index contributed by atoms with van der Waals surface area (Å²) in [4.78, 5) is 8.11. The molecule has 0 radical (unpaired) electrons. The van der Waals surface area contributed by atoms with E-state index < -0.39 is 0 Å². The minimum Gasteiger partial charge on any atom is -0.339 e. The lowest BCUT2D eigenvalue weighted by Crippen LogP contribution is -2.25. The van der Waals surface area contributed by atoms with E-state index >= 15 is 0 Å². The number of aryl methyl sites for hydroxylation is 1. The Morgan fingerprint density at radius 1 is 1.39 bits per heavy atom. The molecule has 1 aliphatic rings. The van der Waals surface area contributed by atoms with Gasteiger partial charge >= 0.3 is 0 Å². The van der Waals surface area contributed by atoms with Crippen LogP contribution in [0.1, 0.15) is 36.7 Å². The van der Waals surface area contributed by atoms with E-state index in [4.69, 9.17) is 4.98 Å². The summed E-state index contributed by atoms with van der Waals surface area (Å²) in [6.07, 6.45) is 2.83. The van der Waals surface area contributed by atoms with Crippen molar-refractivity contribution in [2.45, 2.75) is 31.8 Å². The molecule has 1 fully saturated rings. The summed E-state index contributed by atoms with van der Waals surface area (Å²) in [6.45, 7) is 3.70. The fourth-order valence-corrected chi connectivity index (χ4v) is 3.18. The first-order valence-corrected chi connectivity index (χ1v) is 7.91. The number of rotatable bonds is 4. The summed E-state index contributed by atoms with van der Waals surface area (Å²) in [7, 11) is 0. The molecule has 3 N–H and O–H groups in total. The van der Waals surface area contributed by atoms with Gasteiger partial charge in [-0.05, 0) is 24.1 Å². The maximum atomic E-state index is 13.5. The normalized spacial score (nSPS) is 21.3. The Morgan fingerprint density at radius 3 is 3.13 bits per heavy atom. The molecule has 6 nitrogen and oxygen atoms in total. The summed E-state index contributed by atoms with van der Waals surface area (Å²) < 4.78 is 15.4. The molecule has 23 heavy (non-hydrogen) atoms. The number of halogens is 1. The van der Waals surface area contributed by atoms with Crippen molar-refractivity contribution in [3.05, 3.63) is 47.7 Å². The van der Waals surface area contributed by atoms with Crippen molar-refractivity contribution in [1.29, 1.82) is 0 Å². The molecule has 2 atom stereocenters. The van der Waals surface area contributed by atoms with Crippen LogP contribution in [0.4, 0.5) is 4.39 Å². The summed E-state index contributed by atoms with van der Waals surface area (Å²) >= 11 is 0. The average molecular weight is 314 g/mol. The first-order valence-electron chi connectivity index (χ1n) is 7.91. The van der Waals surface area contributed by atoms with Gasteiger partial charge in [0.15, 0.2) is 5.65 Å². The predicted octanol–water partition coefficient (Wildman–Crippen LogP) is 2.24. The molecular weight excluding hydrogens is 295 g/mol. The number of nitrogens with zero attached hydrogens (tertiary/aromatic N) is 3. The summed E-state index contributed by atoms with van der Waals surface area (Å²) in [5.41, 5.74) is 9.12. The SMILES string of the molecule is CCCn1ncc2[nH]c(C3CNNC3c3cccc(F)c3)nc21. The van der Waals surface area contributed by atoms with Crippen LogP contribution in [-0.2, 0) is 6.54 Å². The van der Waals surface area contributed by atoms with E-state index in [1.54, 1.807) is 12.1 Å². The third-order valence-corrected chi connectivity index (χ3v) is 4.28. The zero-order valence-corrected chi connectivity index (χ0v) is 12.9. The monoisotopic (exact) mass is 314 g/mol. The van der Waals surface area contributed by atoms with Crippen molar-refractivity contribution in [2.24, 2.45) is 0 Å². The van der Waals surface area contributed by atoms with E-state index in [9.17, 15) is 4.39 Å². The Labute approximate surface area is 133 Å². The number of hydrazine groups is 1. The number of fused-ring (bicyclic) bond motifs is 1. The van der Waals surface area contributed by atoms with Crippen molar-refractivity contribution in [2.75, 3.05) is 6.54 Å². The number of nitrogens with one attached hydrogen (secondary N) is 3. The highest BCUT2D eigenvalue weighted by Crippen LogP contribution is 2.32. The molecule has 2 aromatic heterocycles. The molecular formula is C16H19FN6. The van der Waals surface area contributed by atoms with Gasteiger partial charge in [0.05, 0.1) is 18.2 Å². The lowest BCUT2D eigenvalue weighted by Gasteiger charge is -2.17. The van der Waals surface area contributed by atoms with Crippen LogP contribution >= 0.6 is 0 Å². The highest BCUT2D eigenvalue weighted by Gasteiger charge is 2.32. The van der Waals surface area contributed by atoms with Crippen LogP contribution in [0, 0.1) is 5.82 Å². The molecule has 0 saturated carbocycles. The van der Waals surface area contributed by atoms with Gasteiger partial charge in [0, 0.05) is 13.1 Å².